The summed E-state index contributed by atoms with van der Waals surface area (Å²) in [6.45, 7) is 9.62. The van der Waals surface area contributed by atoms with Crippen LogP contribution in [0, 0.1) is 0 Å². The normalized spacial score (nSPS) is 20.7. The molecular formula is C14H29N3O2. The van der Waals surface area contributed by atoms with Crippen molar-refractivity contribution in [3.63, 3.8) is 0 Å². The molecule has 0 saturated carbocycles. The molecule has 1 fully saturated rings. The van der Waals surface area contributed by atoms with Gasteiger partial charge in [0.05, 0.1) is 12.1 Å². The van der Waals surface area contributed by atoms with Gasteiger partial charge in [0.15, 0.2) is 0 Å². The topological polar surface area (TPSA) is 67.6 Å². The van der Waals surface area contributed by atoms with Gasteiger partial charge in [0, 0.05) is 19.7 Å². The van der Waals surface area contributed by atoms with Gasteiger partial charge < -0.3 is 20.7 Å². The van der Waals surface area contributed by atoms with Crippen LogP contribution in [0.1, 0.15) is 39.5 Å². The maximum Gasteiger partial charge on any atom is 0.237 e. The molecule has 5 nitrogen and oxygen atoms in total. The fourth-order valence-corrected chi connectivity index (χ4v) is 2.38. The number of carbonyl (C=O) groups excluding carboxylic acids is 1. The Hall–Kier alpha value is -0.650. The molecule has 1 atom stereocenters. The average molecular weight is 271 g/mol. The fraction of sp³-hybridized carbons (Fsp3) is 0.929. The number of hydrogen-bond acceptors (Lipinski definition) is 4. The van der Waals surface area contributed by atoms with Crippen LogP contribution in [0.4, 0.5) is 0 Å². The highest BCUT2D eigenvalue weighted by molar-refractivity contribution is 5.84. The van der Waals surface area contributed by atoms with E-state index in [1.54, 1.807) is 0 Å². The van der Waals surface area contributed by atoms with Crippen molar-refractivity contribution < 1.29 is 9.53 Å². The summed E-state index contributed by atoms with van der Waals surface area (Å²) in [7, 11) is 0. The Kier molecular flexibility index (Phi) is 7.34. The zero-order valence-corrected chi connectivity index (χ0v) is 12.4. The van der Waals surface area contributed by atoms with Crippen LogP contribution in [0.5, 0.6) is 0 Å². The maximum atomic E-state index is 11.6. The Morgan fingerprint density at radius 1 is 1.42 bits per heavy atom. The first-order valence-electron chi connectivity index (χ1n) is 7.43. The van der Waals surface area contributed by atoms with E-state index in [1.165, 1.54) is 0 Å². The summed E-state index contributed by atoms with van der Waals surface area (Å²) in [5.41, 5.74) is 4.95. The third-order valence-corrected chi connectivity index (χ3v) is 3.77. The van der Waals surface area contributed by atoms with Gasteiger partial charge in [-0.05, 0) is 45.7 Å². The minimum atomic E-state index is -0.571. The van der Waals surface area contributed by atoms with Gasteiger partial charge in [0.1, 0.15) is 0 Å². The molecule has 0 aromatic carbocycles. The van der Waals surface area contributed by atoms with Crippen LogP contribution in [0.15, 0.2) is 0 Å². The second-order valence-corrected chi connectivity index (χ2v) is 5.53. The summed E-state index contributed by atoms with van der Waals surface area (Å²) in [6, 6.07) is 0. The third-order valence-electron chi connectivity index (χ3n) is 3.77. The van der Waals surface area contributed by atoms with Crippen molar-refractivity contribution in [2.24, 2.45) is 5.73 Å². The molecule has 112 valence electrons. The Morgan fingerprint density at radius 2 is 2.21 bits per heavy atom. The van der Waals surface area contributed by atoms with Crippen molar-refractivity contribution in [1.82, 2.24) is 10.2 Å². The highest BCUT2D eigenvalue weighted by atomic mass is 16.5. The van der Waals surface area contributed by atoms with Gasteiger partial charge in [-0.25, -0.2) is 0 Å². The summed E-state index contributed by atoms with van der Waals surface area (Å²) < 4.78 is 5.44. The molecule has 1 unspecified atom stereocenters. The smallest absolute Gasteiger partial charge is 0.237 e. The molecule has 1 amide bonds. The molecule has 0 bridgehead atoms. The van der Waals surface area contributed by atoms with Crippen molar-refractivity contribution in [2.45, 2.75) is 45.1 Å². The molecule has 1 saturated heterocycles. The van der Waals surface area contributed by atoms with Crippen molar-refractivity contribution in [1.29, 1.82) is 0 Å². The van der Waals surface area contributed by atoms with Gasteiger partial charge in [0.2, 0.25) is 5.91 Å². The molecule has 1 aliphatic heterocycles. The maximum absolute atomic E-state index is 11.6. The van der Waals surface area contributed by atoms with E-state index in [2.05, 4.69) is 17.1 Å². The van der Waals surface area contributed by atoms with E-state index in [9.17, 15) is 4.79 Å². The van der Waals surface area contributed by atoms with Crippen LogP contribution in [0.2, 0.25) is 0 Å². The van der Waals surface area contributed by atoms with Gasteiger partial charge in [-0.3, -0.25) is 4.79 Å². The molecule has 0 aromatic heterocycles. The Labute approximate surface area is 116 Å². The zero-order chi connectivity index (χ0) is 14.1. The molecule has 3 N–H and O–H groups in total. The minimum absolute atomic E-state index is 0.250. The Morgan fingerprint density at radius 3 is 2.89 bits per heavy atom. The van der Waals surface area contributed by atoms with Gasteiger partial charge in [-0.1, -0.05) is 6.92 Å². The number of nitrogens with two attached hydrogens (primary N) is 1. The lowest BCUT2D eigenvalue weighted by molar-refractivity contribution is -0.124. The molecule has 0 aromatic rings. The van der Waals surface area contributed by atoms with Crippen molar-refractivity contribution in [2.75, 3.05) is 39.4 Å². The molecule has 1 rings (SSSR count). The van der Waals surface area contributed by atoms with Crippen LogP contribution in [-0.2, 0) is 9.53 Å². The van der Waals surface area contributed by atoms with Gasteiger partial charge in [0.25, 0.3) is 0 Å². The number of primary amides is 1. The standard InChI is InChI=1S/C14H29N3O2/c1-3-7-16-14(2,13(15)18)6-4-8-17-9-5-11-19-12-10-17/h16H,3-12H2,1-2H3,(H2,15,18). The molecular weight excluding hydrogens is 242 g/mol. The number of amides is 1. The summed E-state index contributed by atoms with van der Waals surface area (Å²) >= 11 is 0. The second-order valence-electron chi connectivity index (χ2n) is 5.53. The molecule has 5 heteroatoms. The van der Waals surface area contributed by atoms with E-state index in [0.29, 0.717) is 0 Å². The molecule has 19 heavy (non-hydrogen) atoms. The number of carbonyl (C=O) groups is 1. The van der Waals surface area contributed by atoms with Crippen molar-refractivity contribution in [3.05, 3.63) is 0 Å². The summed E-state index contributed by atoms with van der Waals surface area (Å²) in [6.07, 6.45) is 3.88. The first-order chi connectivity index (χ1) is 9.08. The number of hydrogen-bond donors (Lipinski definition) is 2. The minimum Gasteiger partial charge on any atom is -0.380 e. The van der Waals surface area contributed by atoms with E-state index in [0.717, 1.165) is 65.1 Å². The first-order valence-corrected chi connectivity index (χ1v) is 7.43. The lowest BCUT2D eigenvalue weighted by atomic mass is 9.94. The summed E-state index contributed by atoms with van der Waals surface area (Å²) in [5.74, 6) is -0.250. The number of nitrogens with zero attached hydrogens (tertiary/aromatic N) is 1. The van der Waals surface area contributed by atoms with E-state index in [1.807, 2.05) is 6.92 Å². The number of nitrogens with one attached hydrogen (secondary N) is 1. The Balaban J connectivity index is 2.32. The molecule has 0 aliphatic carbocycles. The second kappa shape index (κ2) is 8.51. The van der Waals surface area contributed by atoms with E-state index in [-0.39, 0.29) is 5.91 Å². The zero-order valence-electron chi connectivity index (χ0n) is 12.4. The first kappa shape index (κ1) is 16.4. The van der Waals surface area contributed by atoms with E-state index >= 15 is 0 Å². The van der Waals surface area contributed by atoms with Crippen LogP contribution in [-0.4, -0.2) is 55.7 Å². The third kappa shape index (κ3) is 5.89. The number of ether oxygens (including phenoxy) is 1. The van der Waals surface area contributed by atoms with Crippen molar-refractivity contribution >= 4 is 5.91 Å². The van der Waals surface area contributed by atoms with Crippen LogP contribution >= 0.6 is 0 Å². The number of rotatable bonds is 8. The highest BCUT2D eigenvalue weighted by Crippen LogP contribution is 2.13. The van der Waals surface area contributed by atoms with Gasteiger partial charge >= 0.3 is 0 Å². The predicted octanol–water partition coefficient (Wildman–Crippen LogP) is 0.733. The molecule has 0 spiro atoms. The van der Waals surface area contributed by atoms with Crippen molar-refractivity contribution in [3.8, 4) is 0 Å². The van der Waals surface area contributed by atoms with E-state index in [4.69, 9.17) is 10.5 Å². The SMILES string of the molecule is CCCNC(C)(CCCN1CCCOCC1)C(N)=O. The quantitative estimate of drug-likeness (QED) is 0.683. The predicted molar refractivity (Wildman–Crippen MR) is 77.0 cm³/mol. The monoisotopic (exact) mass is 271 g/mol. The highest BCUT2D eigenvalue weighted by Gasteiger charge is 2.29. The lowest BCUT2D eigenvalue weighted by Gasteiger charge is -2.29. The molecule has 1 heterocycles. The fourth-order valence-electron chi connectivity index (χ4n) is 2.38. The molecule has 0 radical (unpaired) electrons. The average Bonchev–Trinajstić information content (AvgIpc) is 2.65. The Bertz CT molecular complexity index is 265. The summed E-state index contributed by atoms with van der Waals surface area (Å²) in [5, 5.41) is 3.28. The van der Waals surface area contributed by atoms with Gasteiger partial charge in [-0.2, -0.15) is 0 Å². The van der Waals surface area contributed by atoms with Gasteiger partial charge in [-0.15, -0.1) is 0 Å². The largest absolute Gasteiger partial charge is 0.380 e. The van der Waals surface area contributed by atoms with E-state index < -0.39 is 5.54 Å². The van der Waals surface area contributed by atoms with Crippen LogP contribution in [0.3, 0.4) is 0 Å². The summed E-state index contributed by atoms with van der Waals surface area (Å²) in [4.78, 5) is 14.0. The lowest BCUT2D eigenvalue weighted by Crippen LogP contribution is -2.53. The molecule has 1 aliphatic rings. The van der Waals surface area contributed by atoms with Crippen LogP contribution < -0.4 is 11.1 Å². The van der Waals surface area contributed by atoms with Crippen LogP contribution in [0.25, 0.3) is 0 Å².